The highest BCUT2D eigenvalue weighted by Crippen LogP contribution is 2.24. The van der Waals surface area contributed by atoms with Gasteiger partial charge in [0.25, 0.3) is 0 Å². The van der Waals surface area contributed by atoms with Crippen molar-refractivity contribution in [2.24, 2.45) is 0 Å². The molecular formula is C19H17Cl3NO2-. The van der Waals surface area contributed by atoms with Crippen molar-refractivity contribution >= 4 is 23.2 Å². The minimum atomic E-state index is 0. The highest BCUT2D eigenvalue weighted by molar-refractivity contribution is 6.35. The van der Waals surface area contributed by atoms with E-state index in [2.05, 4.69) is 5.32 Å². The summed E-state index contributed by atoms with van der Waals surface area (Å²) in [6.45, 7) is 1.75. The number of benzene rings is 2. The third kappa shape index (κ3) is 5.68. The Morgan fingerprint density at radius 2 is 1.76 bits per heavy atom. The molecule has 3 rings (SSSR count). The smallest absolute Gasteiger partial charge is 0.124 e. The molecular weight excluding hydrogens is 381 g/mol. The van der Waals surface area contributed by atoms with E-state index in [-0.39, 0.29) is 12.4 Å². The van der Waals surface area contributed by atoms with Crippen LogP contribution in [0.15, 0.2) is 65.3 Å². The van der Waals surface area contributed by atoms with Gasteiger partial charge in [-0.25, -0.2) is 0 Å². The van der Waals surface area contributed by atoms with E-state index in [1.807, 2.05) is 48.5 Å². The third-order valence-electron chi connectivity index (χ3n) is 3.57. The van der Waals surface area contributed by atoms with E-state index in [0.29, 0.717) is 29.7 Å². The lowest BCUT2D eigenvalue weighted by molar-refractivity contribution is -0.00000550. The summed E-state index contributed by atoms with van der Waals surface area (Å²) in [5.41, 5.74) is 1.98. The van der Waals surface area contributed by atoms with Crippen LogP contribution in [-0.2, 0) is 19.7 Å². The highest BCUT2D eigenvalue weighted by Gasteiger charge is 2.06. The number of hydrogen-bond acceptors (Lipinski definition) is 3. The molecule has 0 saturated carbocycles. The van der Waals surface area contributed by atoms with Gasteiger partial charge in [-0.15, -0.1) is 0 Å². The molecule has 0 spiro atoms. The molecule has 3 nitrogen and oxygen atoms in total. The maximum Gasteiger partial charge on any atom is 0.124 e. The lowest BCUT2D eigenvalue weighted by Crippen LogP contribution is -3.00. The van der Waals surface area contributed by atoms with Gasteiger partial charge in [0.1, 0.15) is 18.1 Å². The molecule has 0 atom stereocenters. The van der Waals surface area contributed by atoms with E-state index in [1.54, 1.807) is 12.3 Å². The van der Waals surface area contributed by atoms with Crippen molar-refractivity contribution in [3.05, 3.63) is 87.8 Å². The molecule has 132 valence electrons. The summed E-state index contributed by atoms with van der Waals surface area (Å²) < 4.78 is 11.3. The summed E-state index contributed by atoms with van der Waals surface area (Å²) >= 11 is 12.1. The van der Waals surface area contributed by atoms with Crippen LogP contribution in [0.25, 0.3) is 0 Å². The van der Waals surface area contributed by atoms with Crippen molar-refractivity contribution in [2.75, 3.05) is 0 Å². The van der Waals surface area contributed by atoms with Crippen molar-refractivity contribution in [1.29, 1.82) is 0 Å². The van der Waals surface area contributed by atoms with Crippen molar-refractivity contribution < 1.29 is 21.6 Å². The fourth-order valence-corrected chi connectivity index (χ4v) is 2.78. The monoisotopic (exact) mass is 396 g/mol. The number of rotatable bonds is 7. The second-order valence-electron chi connectivity index (χ2n) is 5.32. The fraction of sp³-hybridized carbons (Fsp3) is 0.158. The van der Waals surface area contributed by atoms with Gasteiger partial charge in [-0.3, -0.25) is 0 Å². The first-order chi connectivity index (χ1) is 11.7. The van der Waals surface area contributed by atoms with E-state index < -0.39 is 0 Å². The van der Waals surface area contributed by atoms with E-state index in [9.17, 15) is 0 Å². The van der Waals surface area contributed by atoms with Gasteiger partial charge in [0.15, 0.2) is 0 Å². The van der Waals surface area contributed by atoms with E-state index in [4.69, 9.17) is 32.4 Å². The van der Waals surface area contributed by atoms with Crippen LogP contribution in [0.1, 0.15) is 16.9 Å². The van der Waals surface area contributed by atoms with Crippen LogP contribution < -0.4 is 22.5 Å². The van der Waals surface area contributed by atoms with Crippen LogP contribution in [-0.4, -0.2) is 0 Å². The Hall–Kier alpha value is -1.65. The van der Waals surface area contributed by atoms with Crippen molar-refractivity contribution in [3.63, 3.8) is 0 Å². The first kappa shape index (κ1) is 19.7. The van der Waals surface area contributed by atoms with Crippen LogP contribution in [0.4, 0.5) is 0 Å². The summed E-state index contributed by atoms with van der Waals surface area (Å²) in [6, 6.07) is 17.2. The number of para-hydroxylation sites is 1. The molecule has 0 aliphatic carbocycles. The highest BCUT2D eigenvalue weighted by atomic mass is 35.5. The first-order valence-corrected chi connectivity index (χ1v) is 8.36. The predicted molar refractivity (Wildman–Crippen MR) is 96.5 cm³/mol. The van der Waals surface area contributed by atoms with Gasteiger partial charge < -0.3 is 26.9 Å². The van der Waals surface area contributed by atoms with Gasteiger partial charge >= 0.3 is 0 Å². The molecule has 1 heterocycles. The van der Waals surface area contributed by atoms with Gasteiger partial charge in [0, 0.05) is 27.7 Å². The van der Waals surface area contributed by atoms with Crippen LogP contribution in [0.2, 0.25) is 10.0 Å². The maximum atomic E-state index is 6.19. The minimum absolute atomic E-state index is 0. The average molecular weight is 398 g/mol. The van der Waals surface area contributed by atoms with Gasteiger partial charge in [-0.1, -0.05) is 47.5 Å². The number of nitrogens with one attached hydrogen (secondary N) is 1. The summed E-state index contributed by atoms with van der Waals surface area (Å²) in [5.74, 6) is 1.73. The summed E-state index contributed by atoms with van der Waals surface area (Å²) in [5, 5.41) is 4.57. The number of ether oxygens (including phenoxy) is 1. The van der Waals surface area contributed by atoms with E-state index in [0.717, 1.165) is 22.6 Å². The standard InChI is InChI=1S/C19H17Cl2NO2.ClH/c20-16-8-7-15(18(21)10-16)13-24-19-6-2-1-4-14(19)11-22-12-17-5-3-9-23-17;/h1-10,22H,11-13H2;1H/p-1. The summed E-state index contributed by atoms with van der Waals surface area (Å²) in [6.07, 6.45) is 1.67. The number of furan rings is 1. The van der Waals surface area contributed by atoms with Crippen molar-refractivity contribution in [3.8, 4) is 5.75 Å². The SMILES string of the molecule is Clc1ccc(COc2ccccc2CNCc2ccco2)c(Cl)c1.[Cl-]. The Bertz CT molecular complexity index is 791. The predicted octanol–water partition coefficient (Wildman–Crippen LogP) is 2.46. The van der Waals surface area contributed by atoms with Crippen molar-refractivity contribution in [2.45, 2.75) is 19.7 Å². The largest absolute Gasteiger partial charge is 1.00 e. The molecule has 3 aromatic rings. The van der Waals surface area contributed by atoms with Crippen LogP contribution >= 0.6 is 23.2 Å². The number of halogens is 3. The van der Waals surface area contributed by atoms with Gasteiger partial charge in [0.05, 0.1) is 12.8 Å². The Morgan fingerprint density at radius 3 is 2.52 bits per heavy atom. The van der Waals surface area contributed by atoms with E-state index >= 15 is 0 Å². The zero-order chi connectivity index (χ0) is 16.8. The number of hydrogen-bond donors (Lipinski definition) is 1. The third-order valence-corrected chi connectivity index (χ3v) is 4.15. The zero-order valence-corrected chi connectivity index (χ0v) is 15.6. The Kier molecular flexibility index (Phi) is 7.66. The second-order valence-corrected chi connectivity index (χ2v) is 6.16. The maximum absolute atomic E-state index is 6.19. The minimum Gasteiger partial charge on any atom is -1.00 e. The second kappa shape index (κ2) is 9.73. The molecule has 0 bridgehead atoms. The molecule has 0 radical (unpaired) electrons. The molecule has 0 saturated heterocycles. The fourth-order valence-electron chi connectivity index (χ4n) is 2.32. The normalized spacial score (nSPS) is 10.3. The van der Waals surface area contributed by atoms with Crippen LogP contribution in [0, 0.1) is 0 Å². The van der Waals surface area contributed by atoms with Gasteiger partial charge in [-0.2, -0.15) is 0 Å². The summed E-state index contributed by atoms with van der Waals surface area (Å²) in [7, 11) is 0. The molecule has 2 aromatic carbocycles. The molecule has 1 aromatic heterocycles. The molecule has 0 unspecified atom stereocenters. The van der Waals surface area contributed by atoms with Gasteiger partial charge in [-0.05, 0) is 30.3 Å². The summed E-state index contributed by atoms with van der Waals surface area (Å²) in [4.78, 5) is 0. The molecule has 6 heteroatoms. The molecule has 25 heavy (non-hydrogen) atoms. The average Bonchev–Trinajstić information content (AvgIpc) is 3.08. The molecule has 0 amide bonds. The van der Waals surface area contributed by atoms with E-state index in [1.165, 1.54) is 0 Å². The quantitative estimate of drug-likeness (QED) is 0.665. The topological polar surface area (TPSA) is 34.4 Å². The Morgan fingerprint density at radius 1 is 0.920 bits per heavy atom. The lowest BCUT2D eigenvalue weighted by Gasteiger charge is -2.13. The van der Waals surface area contributed by atoms with Gasteiger partial charge in [0.2, 0.25) is 0 Å². The van der Waals surface area contributed by atoms with Crippen LogP contribution in [0.5, 0.6) is 5.75 Å². The first-order valence-electron chi connectivity index (χ1n) is 7.60. The molecule has 0 aliphatic heterocycles. The lowest BCUT2D eigenvalue weighted by atomic mass is 10.2. The molecule has 0 aliphatic rings. The van der Waals surface area contributed by atoms with Crippen molar-refractivity contribution in [1.82, 2.24) is 5.32 Å². The molecule has 1 N–H and O–H groups in total. The van der Waals surface area contributed by atoms with Crippen LogP contribution in [0.3, 0.4) is 0 Å². The zero-order valence-electron chi connectivity index (χ0n) is 13.3. The Labute approximate surface area is 163 Å². The molecule has 0 fully saturated rings. The Balaban J connectivity index is 0.00000225.